The van der Waals surface area contributed by atoms with Gasteiger partial charge in [0.25, 0.3) is 5.56 Å². The molecule has 1 fully saturated rings. The van der Waals surface area contributed by atoms with Gasteiger partial charge in [-0.2, -0.15) is 0 Å². The van der Waals surface area contributed by atoms with Gasteiger partial charge in [0.1, 0.15) is 16.5 Å². The van der Waals surface area contributed by atoms with E-state index in [1.807, 2.05) is 24.3 Å². The van der Waals surface area contributed by atoms with Crippen LogP contribution < -0.4 is 11.2 Å². The van der Waals surface area contributed by atoms with Gasteiger partial charge in [0.2, 0.25) is 0 Å². The van der Waals surface area contributed by atoms with E-state index in [0.717, 1.165) is 22.1 Å². The van der Waals surface area contributed by atoms with Crippen molar-refractivity contribution in [1.29, 1.82) is 0 Å². The summed E-state index contributed by atoms with van der Waals surface area (Å²) in [6.45, 7) is 6.68. The van der Waals surface area contributed by atoms with Gasteiger partial charge in [0.05, 0.1) is 27.9 Å². The molecule has 1 saturated carbocycles. The van der Waals surface area contributed by atoms with Crippen molar-refractivity contribution in [1.82, 2.24) is 9.13 Å². The lowest BCUT2D eigenvalue weighted by molar-refractivity contribution is -0.146. The molecule has 200 valence electrons. The number of hydrogen-bond acceptors (Lipinski definition) is 6. The summed E-state index contributed by atoms with van der Waals surface area (Å²) in [5.41, 5.74) is -0.325. The Balaban J connectivity index is 1.92. The maximum atomic E-state index is 13.9. The lowest BCUT2D eigenvalue weighted by Crippen LogP contribution is -2.52. The van der Waals surface area contributed by atoms with Crippen LogP contribution in [0.1, 0.15) is 69.2 Å². The number of nitrogens with zero attached hydrogens (tertiary/aromatic N) is 2. The van der Waals surface area contributed by atoms with E-state index in [0.29, 0.717) is 45.2 Å². The standard InChI is InChI=1S/C27H33BrN2O6S/c1-5-16-8-6-7-9-19(16)20(36-18-12-10-17(31)11-13-18)14-29-24-21(15(2)22(28)37-24)23(32)30(26(29)35)27(3,4)25(33)34/h6-9,17-18,20,31H,5,10-14H2,1-4H3,(H,33,34)/t17?,18?,20-/m0/s1. The lowest BCUT2D eigenvalue weighted by atomic mass is 9.94. The molecule has 2 N–H and O–H groups in total. The van der Waals surface area contributed by atoms with Gasteiger partial charge in [0.15, 0.2) is 0 Å². The first-order valence-electron chi connectivity index (χ1n) is 12.6. The van der Waals surface area contributed by atoms with Crippen LogP contribution in [0.3, 0.4) is 0 Å². The van der Waals surface area contributed by atoms with Crippen LogP contribution in [-0.2, 0) is 28.0 Å². The highest BCUT2D eigenvalue weighted by Gasteiger charge is 2.36. The molecule has 1 aromatic carbocycles. The number of benzene rings is 1. The number of aliphatic hydroxyl groups excluding tert-OH is 1. The van der Waals surface area contributed by atoms with Crippen LogP contribution in [0.2, 0.25) is 0 Å². The number of aromatic nitrogens is 2. The average molecular weight is 594 g/mol. The van der Waals surface area contributed by atoms with Crippen LogP contribution in [0.5, 0.6) is 0 Å². The summed E-state index contributed by atoms with van der Waals surface area (Å²) in [6.07, 6.45) is 2.62. The Hall–Kier alpha value is -2.27. The molecular weight excluding hydrogens is 560 g/mol. The van der Waals surface area contributed by atoms with Gasteiger partial charge in [0, 0.05) is 0 Å². The summed E-state index contributed by atoms with van der Waals surface area (Å²) in [5, 5.41) is 20.2. The molecule has 37 heavy (non-hydrogen) atoms. The van der Waals surface area contributed by atoms with Crippen LogP contribution >= 0.6 is 27.3 Å². The molecule has 0 saturated heterocycles. The van der Waals surface area contributed by atoms with E-state index < -0.39 is 28.9 Å². The number of hydrogen-bond donors (Lipinski definition) is 2. The van der Waals surface area contributed by atoms with Crippen LogP contribution in [0, 0.1) is 6.92 Å². The molecule has 1 aliphatic carbocycles. The molecule has 8 nitrogen and oxygen atoms in total. The summed E-state index contributed by atoms with van der Waals surface area (Å²) < 4.78 is 9.70. The molecule has 0 bridgehead atoms. The molecule has 2 heterocycles. The number of aryl methyl sites for hydroxylation is 2. The largest absolute Gasteiger partial charge is 0.480 e. The zero-order valence-electron chi connectivity index (χ0n) is 21.5. The summed E-state index contributed by atoms with van der Waals surface area (Å²) in [6, 6.07) is 7.94. The number of ether oxygens (including phenoxy) is 1. The summed E-state index contributed by atoms with van der Waals surface area (Å²) in [4.78, 5) is 40.0. The number of rotatable bonds is 8. The molecule has 0 aliphatic heterocycles. The highest BCUT2D eigenvalue weighted by molar-refractivity contribution is 9.11. The normalized spacial score (nSPS) is 19.3. The zero-order chi connectivity index (χ0) is 27.1. The Bertz CT molecular complexity index is 1430. The predicted octanol–water partition coefficient (Wildman–Crippen LogP) is 4.74. The van der Waals surface area contributed by atoms with E-state index in [9.17, 15) is 24.6 Å². The van der Waals surface area contributed by atoms with E-state index in [4.69, 9.17) is 4.74 Å². The third-order valence-corrected chi connectivity index (χ3v) is 9.55. The molecule has 0 unspecified atom stereocenters. The Morgan fingerprint density at radius 2 is 1.86 bits per heavy atom. The van der Waals surface area contributed by atoms with E-state index in [-0.39, 0.29) is 18.8 Å². The van der Waals surface area contributed by atoms with E-state index in [1.54, 1.807) is 6.92 Å². The molecule has 1 aliphatic rings. The first-order valence-corrected chi connectivity index (χ1v) is 14.2. The first-order chi connectivity index (χ1) is 17.5. The lowest BCUT2D eigenvalue weighted by Gasteiger charge is -2.31. The Kier molecular flexibility index (Phi) is 8.13. The van der Waals surface area contributed by atoms with Gasteiger partial charge < -0.3 is 14.9 Å². The molecule has 3 aromatic rings. The minimum absolute atomic E-state index is 0.0809. The number of carbonyl (C=O) groups is 1. The fraction of sp³-hybridized carbons (Fsp3) is 0.519. The van der Waals surface area contributed by atoms with Gasteiger partial charge in [-0.05, 0) is 85.5 Å². The monoisotopic (exact) mass is 592 g/mol. The van der Waals surface area contributed by atoms with Crippen LogP contribution in [0.4, 0.5) is 0 Å². The number of aliphatic hydroxyl groups is 1. The minimum Gasteiger partial charge on any atom is -0.480 e. The van der Waals surface area contributed by atoms with Gasteiger partial charge >= 0.3 is 11.7 Å². The highest BCUT2D eigenvalue weighted by Crippen LogP contribution is 2.35. The van der Waals surface area contributed by atoms with Gasteiger partial charge in [-0.1, -0.05) is 31.2 Å². The van der Waals surface area contributed by atoms with Crippen LogP contribution in [0.25, 0.3) is 10.2 Å². The van der Waals surface area contributed by atoms with Crippen molar-refractivity contribution < 1.29 is 19.7 Å². The summed E-state index contributed by atoms with van der Waals surface area (Å²) >= 11 is 4.79. The molecule has 2 aromatic heterocycles. The van der Waals surface area contributed by atoms with Crippen molar-refractivity contribution in [2.45, 2.75) is 90.2 Å². The van der Waals surface area contributed by atoms with Crippen molar-refractivity contribution in [2.75, 3.05) is 0 Å². The smallest absolute Gasteiger partial charge is 0.333 e. The van der Waals surface area contributed by atoms with Gasteiger partial charge in [-0.25, -0.2) is 14.2 Å². The molecule has 10 heteroatoms. The number of fused-ring (bicyclic) bond motifs is 1. The molecule has 1 atom stereocenters. The Morgan fingerprint density at radius 1 is 1.22 bits per heavy atom. The SMILES string of the molecule is CCc1ccccc1[C@H](Cn1c(=O)n(C(C)(C)C(=O)O)c(=O)c2c(C)c(Br)sc21)OC1CCC(O)CC1. The van der Waals surface area contributed by atoms with Crippen molar-refractivity contribution >= 4 is 43.5 Å². The Morgan fingerprint density at radius 3 is 2.49 bits per heavy atom. The van der Waals surface area contributed by atoms with E-state index >= 15 is 0 Å². The maximum absolute atomic E-state index is 13.9. The fourth-order valence-electron chi connectivity index (χ4n) is 5.03. The third kappa shape index (κ3) is 5.21. The van der Waals surface area contributed by atoms with Crippen molar-refractivity contribution in [2.24, 2.45) is 0 Å². The van der Waals surface area contributed by atoms with Crippen molar-refractivity contribution in [3.8, 4) is 0 Å². The number of aliphatic carboxylic acids is 1. The van der Waals surface area contributed by atoms with Crippen molar-refractivity contribution in [3.63, 3.8) is 0 Å². The van der Waals surface area contributed by atoms with Gasteiger partial charge in [-0.3, -0.25) is 9.36 Å². The summed E-state index contributed by atoms with van der Waals surface area (Å²) in [7, 11) is 0. The third-order valence-electron chi connectivity index (χ3n) is 7.37. The number of carboxylic acids is 1. The highest BCUT2D eigenvalue weighted by atomic mass is 79.9. The topological polar surface area (TPSA) is 111 Å². The van der Waals surface area contributed by atoms with Crippen LogP contribution in [-0.4, -0.2) is 37.5 Å². The zero-order valence-corrected chi connectivity index (χ0v) is 23.9. The quantitative estimate of drug-likeness (QED) is 0.391. The number of thiophene rings is 1. The van der Waals surface area contributed by atoms with Crippen LogP contribution in [0.15, 0.2) is 37.6 Å². The molecule has 4 rings (SSSR count). The Labute approximate surface area is 227 Å². The van der Waals surface area contributed by atoms with Gasteiger partial charge in [-0.15, -0.1) is 11.3 Å². The maximum Gasteiger partial charge on any atom is 0.333 e. The minimum atomic E-state index is -1.75. The summed E-state index contributed by atoms with van der Waals surface area (Å²) in [5.74, 6) is -1.27. The predicted molar refractivity (Wildman–Crippen MR) is 148 cm³/mol. The number of halogens is 1. The second-order valence-electron chi connectivity index (χ2n) is 10.2. The molecule has 0 amide bonds. The van der Waals surface area contributed by atoms with Crippen molar-refractivity contribution in [3.05, 3.63) is 65.6 Å². The second-order valence-corrected chi connectivity index (χ2v) is 12.5. The average Bonchev–Trinajstić information content (AvgIpc) is 3.16. The van der Waals surface area contributed by atoms with E-state index in [2.05, 4.69) is 22.9 Å². The second kappa shape index (κ2) is 10.8. The molecular formula is C27H33BrN2O6S. The number of carboxylic acid groups (broad SMARTS) is 1. The first kappa shape index (κ1) is 27.8. The molecule has 0 radical (unpaired) electrons. The fourth-order valence-corrected chi connectivity index (χ4v) is 6.72. The molecule has 0 spiro atoms. The van der Waals surface area contributed by atoms with E-state index in [1.165, 1.54) is 29.8 Å².